The Kier molecular flexibility index (Phi) is 42.5. The van der Waals surface area contributed by atoms with Crippen LogP contribution in [0.4, 0.5) is 0 Å². The van der Waals surface area contributed by atoms with Gasteiger partial charge in [-0.05, 0) is 12.8 Å². The van der Waals surface area contributed by atoms with Crippen LogP contribution in [0, 0.1) is 0 Å². The summed E-state index contributed by atoms with van der Waals surface area (Å²) in [6.45, 7) is 4.21. The van der Waals surface area contributed by atoms with E-state index in [4.69, 9.17) is 0 Å². The Labute approximate surface area is 326 Å². The lowest BCUT2D eigenvalue weighted by Gasteiger charge is -2.26. The molecule has 0 bridgehead atoms. The van der Waals surface area contributed by atoms with Crippen LogP contribution in [0.25, 0.3) is 0 Å². The van der Waals surface area contributed by atoms with Crippen LogP contribution in [0.2, 0.25) is 0 Å². The average Bonchev–Trinajstić information content (AvgIpc) is 3.15. The number of carbonyl (C=O) groups is 1. The van der Waals surface area contributed by atoms with Crippen LogP contribution in [-0.4, -0.2) is 46.1 Å². The molecule has 0 saturated carbocycles. The first-order valence-electron chi connectivity index (χ1n) is 23.8. The molecule has 1 amide bonds. The number of unbranched alkanes of at least 4 members (excludes halogenated alkanes) is 36. The minimum atomic E-state index is -1.13. The number of hydrogen-bond acceptors (Lipinski definition) is 4. The van der Waals surface area contributed by atoms with Gasteiger partial charge in [0.2, 0.25) is 5.91 Å². The number of carbonyl (C=O) groups excluding carboxylic acids is 1. The number of aliphatic hydroxyl groups is 3. The Balaban J connectivity index is 3.55. The summed E-state index contributed by atoms with van der Waals surface area (Å²) in [7, 11) is 0. The number of hydrogen-bond donors (Lipinski definition) is 4. The van der Waals surface area contributed by atoms with Crippen LogP contribution in [0.5, 0.6) is 0 Å². The van der Waals surface area contributed by atoms with Crippen LogP contribution in [-0.2, 0) is 4.79 Å². The average molecular weight is 738 g/mol. The second kappa shape index (κ2) is 43.1. The molecule has 0 aromatic heterocycles. The monoisotopic (exact) mass is 738 g/mol. The smallest absolute Gasteiger partial charge is 0.220 e. The molecular weight excluding hydrogens is 643 g/mol. The predicted octanol–water partition coefficient (Wildman–Crippen LogP) is 13.8. The third-order valence-corrected chi connectivity index (χ3v) is 11.5. The van der Waals surface area contributed by atoms with Gasteiger partial charge >= 0.3 is 0 Å². The van der Waals surface area contributed by atoms with E-state index in [9.17, 15) is 20.1 Å². The Morgan fingerprint density at radius 1 is 0.404 bits per heavy atom. The third kappa shape index (κ3) is 37.7. The van der Waals surface area contributed by atoms with Gasteiger partial charge in [0.15, 0.2) is 0 Å². The number of rotatable bonds is 44. The summed E-state index contributed by atoms with van der Waals surface area (Å²) >= 11 is 0. The van der Waals surface area contributed by atoms with E-state index in [1.54, 1.807) is 0 Å². The molecular formula is C47H95NO4. The van der Waals surface area contributed by atoms with E-state index in [1.807, 2.05) is 0 Å². The molecule has 0 spiro atoms. The normalized spacial score (nSPS) is 13.4. The van der Waals surface area contributed by atoms with Crippen molar-refractivity contribution in [1.29, 1.82) is 0 Å². The second-order valence-corrected chi connectivity index (χ2v) is 16.7. The maximum absolute atomic E-state index is 12.5. The van der Waals surface area contributed by atoms with E-state index < -0.39 is 18.2 Å². The van der Waals surface area contributed by atoms with Crippen molar-refractivity contribution in [3.8, 4) is 0 Å². The van der Waals surface area contributed by atoms with E-state index in [1.165, 1.54) is 212 Å². The summed E-state index contributed by atoms with van der Waals surface area (Å²) in [5, 5.41) is 33.6. The first-order chi connectivity index (χ1) is 25.6. The lowest BCUT2D eigenvalue weighted by molar-refractivity contribution is -0.124. The first-order valence-corrected chi connectivity index (χ1v) is 23.8. The minimum absolute atomic E-state index is 0.138. The van der Waals surface area contributed by atoms with Gasteiger partial charge in [-0.3, -0.25) is 4.79 Å². The Bertz CT molecular complexity index is 688. The standard InChI is InChI=1S/C47H95NO4/c1-3-5-7-9-11-13-15-17-19-21-23-24-26-28-30-32-34-36-38-40-42-46(51)48-44(43-49)47(52)45(50)41-39-37-35-33-31-29-27-25-22-20-18-16-14-12-10-8-6-4-2/h44-45,47,49-50,52H,3-43H2,1-2H3,(H,48,51). The van der Waals surface area contributed by atoms with Gasteiger partial charge in [0.1, 0.15) is 6.10 Å². The van der Waals surface area contributed by atoms with Gasteiger partial charge in [-0.2, -0.15) is 0 Å². The molecule has 0 heterocycles. The van der Waals surface area contributed by atoms with E-state index >= 15 is 0 Å². The second-order valence-electron chi connectivity index (χ2n) is 16.7. The first kappa shape index (κ1) is 51.4. The van der Waals surface area contributed by atoms with Gasteiger partial charge in [-0.15, -0.1) is 0 Å². The lowest BCUT2D eigenvalue weighted by Crippen LogP contribution is -2.50. The quantitative estimate of drug-likeness (QED) is 0.0469. The maximum atomic E-state index is 12.5. The van der Waals surface area contributed by atoms with Crippen molar-refractivity contribution in [2.75, 3.05) is 6.61 Å². The van der Waals surface area contributed by atoms with Crippen LogP contribution < -0.4 is 5.32 Å². The molecule has 5 nitrogen and oxygen atoms in total. The molecule has 3 unspecified atom stereocenters. The van der Waals surface area contributed by atoms with Gasteiger partial charge in [-0.1, -0.05) is 251 Å². The fourth-order valence-corrected chi connectivity index (χ4v) is 7.75. The largest absolute Gasteiger partial charge is 0.394 e. The summed E-state index contributed by atoms with van der Waals surface area (Å²) in [6, 6.07) is -0.803. The Morgan fingerprint density at radius 2 is 0.654 bits per heavy atom. The molecule has 3 atom stereocenters. The van der Waals surface area contributed by atoms with Crippen LogP contribution in [0.15, 0.2) is 0 Å². The van der Waals surface area contributed by atoms with E-state index in [0.29, 0.717) is 12.8 Å². The molecule has 0 radical (unpaired) electrons. The summed E-state index contributed by atoms with van der Waals surface area (Å²) in [5.41, 5.74) is 0. The molecule has 0 fully saturated rings. The number of amides is 1. The molecule has 0 aromatic rings. The fourth-order valence-electron chi connectivity index (χ4n) is 7.75. The molecule has 4 N–H and O–H groups in total. The van der Waals surface area contributed by atoms with Crippen molar-refractivity contribution < 1.29 is 20.1 Å². The predicted molar refractivity (Wildman–Crippen MR) is 227 cm³/mol. The molecule has 0 aromatic carbocycles. The SMILES string of the molecule is CCCCCCCCCCCCCCCCCCCCCCC(=O)NC(CO)C(O)C(O)CCCCCCCCCCCCCCCCCCCC. The van der Waals surface area contributed by atoms with Crippen molar-refractivity contribution in [3.05, 3.63) is 0 Å². The van der Waals surface area contributed by atoms with Crippen molar-refractivity contribution in [3.63, 3.8) is 0 Å². The Morgan fingerprint density at radius 3 is 0.923 bits per heavy atom. The summed E-state index contributed by atoms with van der Waals surface area (Å²) in [5.74, 6) is -0.138. The minimum Gasteiger partial charge on any atom is -0.394 e. The molecule has 0 aliphatic heterocycles. The molecule has 0 rings (SSSR count). The van der Waals surface area contributed by atoms with Crippen molar-refractivity contribution in [2.24, 2.45) is 0 Å². The summed E-state index contributed by atoms with van der Waals surface area (Å²) in [4.78, 5) is 12.5. The Hall–Kier alpha value is -0.650. The van der Waals surface area contributed by atoms with Crippen LogP contribution >= 0.6 is 0 Å². The van der Waals surface area contributed by atoms with Gasteiger partial charge < -0.3 is 20.6 Å². The number of nitrogens with one attached hydrogen (secondary N) is 1. The van der Waals surface area contributed by atoms with Crippen LogP contribution in [0.3, 0.4) is 0 Å². The van der Waals surface area contributed by atoms with E-state index in [0.717, 1.165) is 32.1 Å². The van der Waals surface area contributed by atoms with Gasteiger partial charge in [0.05, 0.1) is 18.8 Å². The highest BCUT2D eigenvalue weighted by molar-refractivity contribution is 5.76. The highest BCUT2D eigenvalue weighted by atomic mass is 16.3. The maximum Gasteiger partial charge on any atom is 0.220 e. The van der Waals surface area contributed by atoms with E-state index in [-0.39, 0.29) is 12.5 Å². The zero-order chi connectivity index (χ0) is 38.0. The van der Waals surface area contributed by atoms with E-state index in [2.05, 4.69) is 19.2 Å². The molecule has 0 aliphatic carbocycles. The van der Waals surface area contributed by atoms with Gasteiger partial charge in [0, 0.05) is 6.42 Å². The third-order valence-electron chi connectivity index (χ3n) is 11.5. The van der Waals surface area contributed by atoms with Crippen molar-refractivity contribution in [2.45, 2.75) is 289 Å². The van der Waals surface area contributed by atoms with Crippen molar-refractivity contribution in [1.82, 2.24) is 5.32 Å². The molecule has 312 valence electrons. The highest BCUT2D eigenvalue weighted by Crippen LogP contribution is 2.17. The molecule has 0 saturated heterocycles. The lowest BCUT2D eigenvalue weighted by atomic mass is 9.99. The number of aliphatic hydroxyl groups excluding tert-OH is 3. The van der Waals surface area contributed by atoms with Gasteiger partial charge in [0.25, 0.3) is 0 Å². The zero-order valence-electron chi connectivity index (χ0n) is 35.5. The summed E-state index contributed by atoms with van der Waals surface area (Å²) in [6.07, 6.45) is 49.3. The molecule has 0 aliphatic rings. The topological polar surface area (TPSA) is 89.8 Å². The summed E-state index contributed by atoms with van der Waals surface area (Å²) < 4.78 is 0. The zero-order valence-corrected chi connectivity index (χ0v) is 35.5. The molecule has 52 heavy (non-hydrogen) atoms. The molecule has 5 heteroatoms. The fraction of sp³-hybridized carbons (Fsp3) is 0.979. The van der Waals surface area contributed by atoms with Gasteiger partial charge in [-0.25, -0.2) is 0 Å². The highest BCUT2D eigenvalue weighted by Gasteiger charge is 2.26. The van der Waals surface area contributed by atoms with Crippen LogP contribution in [0.1, 0.15) is 271 Å². The van der Waals surface area contributed by atoms with Crippen molar-refractivity contribution >= 4 is 5.91 Å².